The van der Waals surface area contributed by atoms with Crippen molar-refractivity contribution in [1.29, 1.82) is 0 Å². The van der Waals surface area contributed by atoms with Gasteiger partial charge in [0, 0.05) is 5.41 Å². The molecule has 0 saturated heterocycles. The van der Waals surface area contributed by atoms with Crippen LogP contribution in [0.1, 0.15) is 120 Å². The van der Waals surface area contributed by atoms with Crippen LogP contribution in [0.3, 0.4) is 0 Å². The van der Waals surface area contributed by atoms with Crippen LogP contribution in [0.4, 0.5) is 0 Å². The minimum absolute atomic E-state index is 0.0559. The molecule has 5 aliphatic carbocycles. The van der Waals surface area contributed by atoms with Gasteiger partial charge in [0.25, 0.3) is 0 Å². The summed E-state index contributed by atoms with van der Waals surface area (Å²) in [6.45, 7) is 20.3. The van der Waals surface area contributed by atoms with Gasteiger partial charge in [-0.2, -0.15) is 0 Å². The van der Waals surface area contributed by atoms with Gasteiger partial charge >= 0.3 is 13.8 Å². The summed E-state index contributed by atoms with van der Waals surface area (Å²) in [6, 6.07) is 0. The summed E-state index contributed by atoms with van der Waals surface area (Å²) in [5.74, 6) is 1.67. The number of aliphatic hydroxyl groups excluding tert-OH is 1. The van der Waals surface area contributed by atoms with E-state index in [-0.39, 0.29) is 51.9 Å². The van der Waals surface area contributed by atoms with Gasteiger partial charge in [-0.3, -0.25) is 4.79 Å². The number of ether oxygens (including phenoxy) is 2. The molecule has 0 aromatic carbocycles. The number of hydrogen-bond acceptors (Lipinski definition) is 6. The molecule has 0 aromatic rings. The molecule has 0 amide bonds. The standard InChI is InChI=1S/C34H59O8P/c1-20(2)42-27-18-25-30(5,6)26(35)13-14-31(25,7)24-11-10-23-28-22(4)21(3)12-15-34(28,17-16-32(23,8)33(24,27)9)29(36)40-19-41-43(37,38)39/h20-28,35H,10-19H2,1-9H3,(H2,37,38,39). The second kappa shape index (κ2) is 11.0. The van der Waals surface area contributed by atoms with Gasteiger partial charge in [-0.25, -0.2) is 9.09 Å². The van der Waals surface area contributed by atoms with Crippen LogP contribution in [0.15, 0.2) is 0 Å². The maximum absolute atomic E-state index is 14.0. The number of phosphoric acid groups is 1. The van der Waals surface area contributed by atoms with Crippen LogP contribution in [0, 0.1) is 62.6 Å². The van der Waals surface area contributed by atoms with Crippen LogP contribution < -0.4 is 0 Å². The predicted octanol–water partition coefficient (Wildman–Crippen LogP) is 7.10. The zero-order valence-corrected chi connectivity index (χ0v) is 29.0. The van der Waals surface area contributed by atoms with E-state index < -0.39 is 20.0 Å². The molecule has 0 bridgehead atoms. The lowest BCUT2D eigenvalue weighted by atomic mass is 9.30. The summed E-state index contributed by atoms with van der Waals surface area (Å²) < 4.78 is 28.4. The van der Waals surface area contributed by atoms with Crippen molar-refractivity contribution in [2.45, 2.75) is 138 Å². The summed E-state index contributed by atoms with van der Waals surface area (Å²) in [5, 5.41) is 11.2. The average molecular weight is 627 g/mol. The molecule has 0 radical (unpaired) electrons. The van der Waals surface area contributed by atoms with Crippen LogP contribution in [0.25, 0.3) is 0 Å². The third-order valence-electron chi connectivity index (χ3n) is 14.9. The molecule has 43 heavy (non-hydrogen) atoms. The van der Waals surface area contributed by atoms with Gasteiger partial charge in [-0.05, 0) is 123 Å². The van der Waals surface area contributed by atoms with Gasteiger partial charge < -0.3 is 24.4 Å². The summed E-state index contributed by atoms with van der Waals surface area (Å²) in [6.07, 6.45) is 8.06. The Labute approximate surface area is 259 Å². The first kappa shape index (κ1) is 33.9. The molecule has 0 spiro atoms. The van der Waals surface area contributed by atoms with E-state index in [9.17, 15) is 24.3 Å². The first-order valence-electron chi connectivity index (χ1n) is 17.0. The molecule has 248 valence electrons. The number of rotatable bonds is 6. The maximum Gasteiger partial charge on any atom is 0.472 e. The van der Waals surface area contributed by atoms with Crippen LogP contribution in [-0.2, 0) is 23.4 Å². The summed E-state index contributed by atoms with van der Waals surface area (Å²) in [4.78, 5) is 32.3. The fraction of sp³-hybridized carbons (Fsp3) is 0.971. The van der Waals surface area contributed by atoms with Crippen molar-refractivity contribution in [3.8, 4) is 0 Å². The minimum atomic E-state index is -4.74. The van der Waals surface area contributed by atoms with Gasteiger partial charge in [0.2, 0.25) is 6.79 Å². The highest BCUT2D eigenvalue weighted by Crippen LogP contribution is 2.77. The first-order chi connectivity index (χ1) is 19.8. The summed E-state index contributed by atoms with van der Waals surface area (Å²) in [7, 11) is -4.74. The lowest BCUT2D eigenvalue weighted by molar-refractivity contribution is -0.302. The first-order valence-corrected chi connectivity index (χ1v) is 18.5. The number of aliphatic hydroxyl groups is 1. The topological polar surface area (TPSA) is 123 Å². The fourth-order valence-corrected chi connectivity index (χ4v) is 12.6. The largest absolute Gasteiger partial charge is 0.472 e. The number of fused-ring (bicyclic) bond motifs is 7. The van der Waals surface area contributed by atoms with Gasteiger partial charge in [0.15, 0.2) is 0 Å². The number of hydrogen-bond donors (Lipinski definition) is 3. The molecule has 0 aromatic heterocycles. The van der Waals surface area contributed by atoms with Gasteiger partial charge in [0.05, 0.1) is 23.7 Å². The highest BCUT2D eigenvalue weighted by molar-refractivity contribution is 7.46. The Hall–Kier alpha value is -0.500. The summed E-state index contributed by atoms with van der Waals surface area (Å²) >= 11 is 0. The molecule has 5 aliphatic rings. The monoisotopic (exact) mass is 626 g/mol. The highest BCUT2D eigenvalue weighted by Gasteiger charge is 2.74. The molecule has 5 rings (SSSR count). The molecule has 12 atom stereocenters. The Balaban J connectivity index is 1.57. The van der Waals surface area contributed by atoms with Gasteiger partial charge in [-0.1, -0.05) is 48.5 Å². The third-order valence-corrected chi connectivity index (χ3v) is 15.3. The van der Waals surface area contributed by atoms with Crippen molar-refractivity contribution in [1.82, 2.24) is 0 Å². The van der Waals surface area contributed by atoms with E-state index in [1.807, 2.05) is 0 Å². The number of carbonyl (C=O) groups excluding carboxylic acids is 1. The van der Waals surface area contributed by atoms with Gasteiger partial charge in [-0.15, -0.1) is 0 Å². The Bertz CT molecular complexity index is 1120. The average Bonchev–Trinajstić information content (AvgIpc) is 2.89. The quantitative estimate of drug-likeness (QED) is 0.162. The minimum Gasteiger partial charge on any atom is -0.437 e. The number of esters is 1. The van der Waals surface area contributed by atoms with Crippen LogP contribution in [-0.4, -0.2) is 46.0 Å². The lowest BCUT2D eigenvalue weighted by Gasteiger charge is -2.75. The zero-order valence-electron chi connectivity index (χ0n) is 28.1. The Morgan fingerprint density at radius 3 is 2.23 bits per heavy atom. The van der Waals surface area contributed by atoms with Crippen molar-refractivity contribution in [2.24, 2.45) is 62.6 Å². The second-order valence-electron chi connectivity index (χ2n) is 17.0. The normalized spacial score (nSPS) is 49.3. The zero-order chi connectivity index (χ0) is 32.0. The maximum atomic E-state index is 14.0. The van der Waals surface area contributed by atoms with Crippen LogP contribution in [0.5, 0.6) is 0 Å². The number of carbonyl (C=O) groups is 1. The van der Waals surface area contributed by atoms with Crippen molar-refractivity contribution in [3.05, 3.63) is 0 Å². The molecular weight excluding hydrogens is 567 g/mol. The molecule has 0 aliphatic heterocycles. The van der Waals surface area contributed by atoms with E-state index in [0.29, 0.717) is 36.0 Å². The molecule has 12 unspecified atom stereocenters. The van der Waals surface area contributed by atoms with E-state index in [4.69, 9.17) is 9.47 Å². The smallest absolute Gasteiger partial charge is 0.437 e. The molecule has 9 heteroatoms. The van der Waals surface area contributed by atoms with Crippen molar-refractivity contribution in [2.75, 3.05) is 6.79 Å². The van der Waals surface area contributed by atoms with Crippen molar-refractivity contribution >= 4 is 13.8 Å². The van der Waals surface area contributed by atoms with Gasteiger partial charge in [0.1, 0.15) is 0 Å². The number of phosphoric ester groups is 1. The fourth-order valence-electron chi connectivity index (χ4n) is 12.4. The molecular formula is C34H59O8P. The van der Waals surface area contributed by atoms with E-state index in [1.165, 1.54) is 0 Å². The van der Waals surface area contributed by atoms with E-state index >= 15 is 0 Å². The molecule has 0 heterocycles. The Morgan fingerprint density at radius 1 is 0.930 bits per heavy atom. The van der Waals surface area contributed by atoms with Crippen molar-refractivity contribution < 1.29 is 38.3 Å². The lowest BCUT2D eigenvalue weighted by Crippen LogP contribution is -2.72. The van der Waals surface area contributed by atoms with E-state index in [0.717, 1.165) is 51.4 Å². The SMILES string of the molecule is CC(C)OC1CC2C(C)(C)C(O)CCC2(C)C2CCC3C4C(C)C(C)CCC4(C(=O)OCOP(=O)(O)O)CCC3(C)C12C. The highest BCUT2D eigenvalue weighted by atomic mass is 31.2. The Kier molecular flexibility index (Phi) is 8.70. The van der Waals surface area contributed by atoms with Crippen molar-refractivity contribution in [3.63, 3.8) is 0 Å². The predicted molar refractivity (Wildman–Crippen MR) is 164 cm³/mol. The van der Waals surface area contributed by atoms with E-state index in [2.05, 4.69) is 66.8 Å². The molecule has 5 fully saturated rings. The second-order valence-corrected chi connectivity index (χ2v) is 18.2. The van der Waals surface area contributed by atoms with Crippen LogP contribution in [0.2, 0.25) is 0 Å². The molecule has 8 nitrogen and oxygen atoms in total. The summed E-state index contributed by atoms with van der Waals surface area (Å²) in [5.41, 5.74) is -0.931. The molecule has 3 N–H and O–H groups in total. The third kappa shape index (κ3) is 5.03. The Morgan fingerprint density at radius 2 is 1.60 bits per heavy atom. The molecule has 5 saturated carbocycles. The van der Waals surface area contributed by atoms with E-state index in [1.54, 1.807) is 0 Å². The van der Waals surface area contributed by atoms with Crippen LogP contribution >= 0.6 is 7.82 Å².